The van der Waals surface area contributed by atoms with Gasteiger partial charge in [-0.25, -0.2) is 4.39 Å². The summed E-state index contributed by atoms with van der Waals surface area (Å²) in [5.41, 5.74) is 1.43. The Morgan fingerprint density at radius 3 is 2.70 bits per heavy atom. The molecule has 1 aliphatic rings. The van der Waals surface area contributed by atoms with E-state index in [9.17, 15) is 4.39 Å². The first-order valence-corrected chi connectivity index (χ1v) is 7.76. The van der Waals surface area contributed by atoms with Gasteiger partial charge in [-0.1, -0.05) is 19.1 Å². The molecule has 0 spiro atoms. The number of benzene rings is 1. The van der Waals surface area contributed by atoms with Gasteiger partial charge in [-0.3, -0.25) is 4.90 Å². The van der Waals surface area contributed by atoms with E-state index in [0.717, 1.165) is 32.5 Å². The lowest BCUT2D eigenvalue weighted by atomic mass is 9.97. The second-order valence-electron chi connectivity index (χ2n) is 6.34. The van der Waals surface area contributed by atoms with E-state index < -0.39 is 0 Å². The van der Waals surface area contributed by atoms with Crippen LogP contribution in [0.2, 0.25) is 0 Å². The highest BCUT2D eigenvalue weighted by Crippen LogP contribution is 2.19. The zero-order valence-electron chi connectivity index (χ0n) is 13.0. The average Bonchev–Trinajstić information content (AvgIpc) is 2.64. The molecule has 1 fully saturated rings. The number of rotatable bonds is 4. The van der Waals surface area contributed by atoms with E-state index >= 15 is 0 Å². The predicted octanol–water partition coefficient (Wildman–Crippen LogP) is 3.22. The van der Waals surface area contributed by atoms with E-state index in [1.165, 1.54) is 12.0 Å². The van der Waals surface area contributed by atoms with Crippen LogP contribution in [0.5, 0.6) is 0 Å². The largest absolute Gasteiger partial charge is 0.310 e. The summed E-state index contributed by atoms with van der Waals surface area (Å²) < 4.78 is 13.0. The number of hydrogen-bond donors (Lipinski definition) is 1. The van der Waals surface area contributed by atoms with Crippen LogP contribution in [0.4, 0.5) is 4.39 Å². The molecule has 20 heavy (non-hydrogen) atoms. The molecule has 112 valence electrons. The maximum atomic E-state index is 13.0. The fourth-order valence-corrected chi connectivity index (χ4v) is 2.96. The van der Waals surface area contributed by atoms with Crippen molar-refractivity contribution in [1.29, 1.82) is 0 Å². The lowest BCUT2D eigenvalue weighted by Gasteiger charge is -2.36. The molecule has 1 aromatic carbocycles. The predicted molar refractivity (Wildman–Crippen MR) is 82.5 cm³/mol. The van der Waals surface area contributed by atoms with E-state index in [-0.39, 0.29) is 11.4 Å². The van der Waals surface area contributed by atoms with E-state index in [2.05, 4.69) is 31.0 Å². The molecule has 0 aromatic heterocycles. The van der Waals surface area contributed by atoms with Crippen molar-refractivity contribution in [3.63, 3.8) is 0 Å². The van der Waals surface area contributed by atoms with E-state index in [1.54, 1.807) is 12.1 Å². The van der Waals surface area contributed by atoms with Crippen molar-refractivity contribution in [1.82, 2.24) is 10.2 Å². The summed E-state index contributed by atoms with van der Waals surface area (Å²) in [6.07, 6.45) is 3.33. The Morgan fingerprint density at radius 1 is 1.35 bits per heavy atom. The van der Waals surface area contributed by atoms with Crippen molar-refractivity contribution in [2.75, 3.05) is 19.6 Å². The summed E-state index contributed by atoms with van der Waals surface area (Å²) in [5, 5.41) is 3.67. The highest BCUT2D eigenvalue weighted by Gasteiger charge is 2.29. The molecule has 0 aliphatic carbocycles. The second-order valence-corrected chi connectivity index (χ2v) is 6.34. The van der Waals surface area contributed by atoms with E-state index in [4.69, 9.17) is 0 Å². The van der Waals surface area contributed by atoms with Crippen molar-refractivity contribution < 1.29 is 4.39 Å². The number of nitrogens with one attached hydrogen (secondary N) is 1. The smallest absolute Gasteiger partial charge is 0.123 e. The minimum absolute atomic E-state index is 0.154. The van der Waals surface area contributed by atoms with Gasteiger partial charge in [0, 0.05) is 18.1 Å². The van der Waals surface area contributed by atoms with Gasteiger partial charge in [-0.05, 0) is 63.9 Å². The zero-order chi connectivity index (χ0) is 14.6. The zero-order valence-corrected chi connectivity index (χ0v) is 13.0. The molecule has 0 saturated carbocycles. The summed E-state index contributed by atoms with van der Waals surface area (Å²) in [5.74, 6) is -0.154. The summed E-state index contributed by atoms with van der Waals surface area (Å²) in [7, 11) is 0. The quantitative estimate of drug-likeness (QED) is 0.909. The van der Waals surface area contributed by atoms with Crippen molar-refractivity contribution in [2.45, 2.75) is 51.6 Å². The molecule has 1 aromatic rings. The fraction of sp³-hybridized carbons (Fsp3) is 0.647. The minimum atomic E-state index is -0.154. The summed E-state index contributed by atoms with van der Waals surface area (Å²) in [6.45, 7) is 10.2. The van der Waals surface area contributed by atoms with Gasteiger partial charge in [-0.2, -0.15) is 0 Å². The first-order valence-electron chi connectivity index (χ1n) is 7.76. The molecule has 2 nitrogen and oxygen atoms in total. The van der Waals surface area contributed by atoms with Crippen LogP contribution in [0, 0.1) is 5.82 Å². The van der Waals surface area contributed by atoms with Crippen molar-refractivity contribution >= 4 is 0 Å². The Morgan fingerprint density at radius 2 is 2.05 bits per heavy atom. The van der Waals surface area contributed by atoms with Crippen LogP contribution in [0.25, 0.3) is 0 Å². The van der Waals surface area contributed by atoms with Crippen molar-refractivity contribution in [2.24, 2.45) is 0 Å². The lowest BCUT2D eigenvalue weighted by Crippen LogP contribution is -2.50. The second kappa shape index (κ2) is 6.68. The van der Waals surface area contributed by atoms with Gasteiger partial charge < -0.3 is 5.32 Å². The fourth-order valence-electron chi connectivity index (χ4n) is 2.96. The average molecular weight is 278 g/mol. The Labute approximate surface area is 122 Å². The van der Waals surface area contributed by atoms with Gasteiger partial charge >= 0.3 is 0 Å². The van der Waals surface area contributed by atoms with Gasteiger partial charge in [0.2, 0.25) is 0 Å². The van der Waals surface area contributed by atoms with Gasteiger partial charge in [0.1, 0.15) is 5.82 Å². The molecule has 2 atom stereocenters. The summed E-state index contributed by atoms with van der Waals surface area (Å²) >= 11 is 0. The molecule has 0 bridgehead atoms. The maximum Gasteiger partial charge on any atom is 0.123 e. The molecular formula is C17H27FN2. The van der Waals surface area contributed by atoms with Gasteiger partial charge in [-0.15, -0.1) is 0 Å². The number of nitrogens with zero attached hydrogens (tertiary/aromatic N) is 1. The summed E-state index contributed by atoms with van der Waals surface area (Å²) in [4.78, 5) is 2.58. The van der Waals surface area contributed by atoms with Crippen LogP contribution in [0.1, 0.15) is 39.2 Å². The Hall–Kier alpha value is -0.930. The third kappa shape index (κ3) is 4.03. The normalized spacial score (nSPS) is 26.2. The van der Waals surface area contributed by atoms with Crippen LogP contribution < -0.4 is 5.32 Å². The number of halogens is 1. The van der Waals surface area contributed by atoms with Crippen molar-refractivity contribution in [3.05, 3.63) is 35.6 Å². The molecule has 1 heterocycles. The topological polar surface area (TPSA) is 15.3 Å². The standard InChI is InChI=1S/C17H27FN2/c1-4-17(3)13-20(11-5-10-19-17)14(2)12-15-6-8-16(18)9-7-15/h6-9,14,19H,4-5,10-13H2,1-3H3. The maximum absolute atomic E-state index is 13.0. The highest BCUT2D eigenvalue weighted by molar-refractivity contribution is 5.17. The molecule has 0 amide bonds. The number of hydrogen-bond acceptors (Lipinski definition) is 2. The van der Waals surface area contributed by atoms with Crippen LogP contribution in [0.15, 0.2) is 24.3 Å². The van der Waals surface area contributed by atoms with E-state index in [0.29, 0.717) is 6.04 Å². The molecule has 0 radical (unpaired) electrons. The summed E-state index contributed by atoms with van der Waals surface area (Å²) in [6, 6.07) is 7.41. The molecule has 2 rings (SSSR count). The molecule has 3 heteroatoms. The van der Waals surface area contributed by atoms with Gasteiger partial charge in [0.05, 0.1) is 0 Å². The molecule has 1 N–H and O–H groups in total. The lowest BCUT2D eigenvalue weighted by molar-refractivity contribution is 0.168. The monoisotopic (exact) mass is 278 g/mol. The Kier molecular flexibility index (Phi) is 5.17. The van der Waals surface area contributed by atoms with Crippen LogP contribution in [-0.2, 0) is 6.42 Å². The van der Waals surface area contributed by atoms with Crippen LogP contribution in [0.3, 0.4) is 0 Å². The first kappa shape index (κ1) is 15.5. The van der Waals surface area contributed by atoms with E-state index in [1.807, 2.05) is 12.1 Å². The SMILES string of the molecule is CCC1(C)CN(C(C)Cc2ccc(F)cc2)CCCN1. The Bertz CT molecular complexity index is 418. The molecule has 1 aliphatic heterocycles. The third-order valence-corrected chi connectivity index (χ3v) is 4.57. The highest BCUT2D eigenvalue weighted by atomic mass is 19.1. The first-order chi connectivity index (χ1) is 9.52. The molecule has 2 unspecified atom stereocenters. The van der Waals surface area contributed by atoms with Crippen LogP contribution >= 0.6 is 0 Å². The van der Waals surface area contributed by atoms with Gasteiger partial charge in [0.15, 0.2) is 0 Å². The molecular weight excluding hydrogens is 251 g/mol. The van der Waals surface area contributed by atoms with Crippen LogP contribution in [-0.4, -0.2) is 36.1 Å². The molecule has 1 saturated heterocycles. The minimum Gasteiger partial charge on any atom is -0.310 e. The third-order valence-electron chi connectivity index (χ3n) is 4.57. The van der Waals surface area contributed by atoms with Gasteiger partial charge in [0.25, 0.3) is 0 Å². The Balaban J connectivity index is 2.00. The van der Waals surface area contributed by atoms with Crippen molar-refractivity contribution in [3.8, 4) is 0 Å².